The normalized spacial score (nSPS) is 24.0. The summed E-state index contributed by atoms with van der Waals surface area (Å²) >= 11 is 1.67. The van der Waals surface area contributed by atoms with Crippen LogP contribution < -0.4 is 5.73 Å². The summed E-state index contributed by atoms with van der Waals surface area (Å²) in [6, 6.07) is 0.0895. The van der Waals surface area contributed by atoms with Crippen molar-refractivity contribution in [3.05, 3.63) is 16.1 Å². The average molecular weight is 212 g/mol. The number of aromatic nitrogens is 1. The van der Waals surface area contributed by atoms with Crippen molar-refractivity contribution in [2.45, 2.75) is 25.8 Å². The number of hydrogen-bond acceptors (Lipinski definition) is 4. The van der Waals surface area contributed by atoms with Crippen molar-refractivity contribution in [2.75, 3.05) is 13.2 Å². The highest BCUT2D eigenvalue weighted by molar-refractivity contribution is 7.09. The molecule has 78 valence electrons. The predicted molar refractivity (Wildman–Crippen MR) is 57.3 cm³/mol. The monoisotopic (exact) mass is 212 g/mol. The Bertz CT molecular complexity index is 294. The highest BCUT2D eigenvalue weighted by Crippen LogP contribution is 2.25. The Kier molecular flexibility index (Phi) is 3.15. The summed E-state index contributed by atoms with van der Waals surface area (Å²) in [7, 11) is 0. The minimum absolute atomic E-state index is 0.0895. The van der Waals surface area contributed by atoms with E-state index in [-0.39, 0.29) is 6.04 Å². The third-order valence-corrected chi connectivity index (χ3v) is 3.42. The average Bonchev–Trinajstić information content (AvgIpc) is 2.75. The molecule has 1 fully saturated rings. The number of nitrogens with zero attached hydrogens (tertiary/aromatic N) is 1. The van der Waals surface area contributed by atoms with E-state index in [1.54, 1.807) is 11.3 Å². The van der Waals surface area contributed by atoms with E-state index in [0.717, 1.165) is 36.8 Å². The number of nitrogens with two attached hydrogens (primary N) is 1. The van der Waals surface area contributed by atoms with Crippen molar-refractivity contribution < 1.29 is 4.74 Å². The Morgan fingerprint density at radius 2 is 2.64 bits per heavy atom. The maximum Gasteiger partial charge on any atom is 0.0898 e. The highest BCUT2D eigenvalue weighted by Gasteiger charge is 2.20. The molecule has 14 heavy (non-hydrogen) atoms. The summed E-state index contributed by atoms with van der Waals surface area (Å²) in [6.07, 6.45) is 2.15. The van der Waals surface area contributed by atoms with E-state index in [4.69, 9.17) is 10.5 Å². The summed E-state index contributed by atoms with van der Waals surface area (Å²) in [4.78, 5) is 4.41. The first-order valence-corrected chi connectivity index (χ1v) is 5.89. The lowest BCUT2D eigenvalue weighted by molar-refractivity contribution is 0.182. The van der Waals surface area contributed by atoms with E-state index in [0.29, 0.717) is 5.92 Å². The second kappa shape index (κ2) is 4.38. The van der Waals surface area contributed by atoms with Gasteiger partial charge in [0.05, 0.1) is 10.7 Å². The molecule has 1 aliphatic heterocycles. The van der Waals surface area contributed by atoms with Crippen molar-refractivity contribution in [3.63, 3.8) is 0 Å². The Hall–Kier alpha value is -0.450. The molecule has 3 nitrogen and oxygen atoms in total. The molecule has 0 amide bonds. The van der Waals surface area contributed by atoms with Gasteiger partial charge in [-0.15, -0.1) is 11.3 Å². The maximum absolute atomic E-state index is 6.08. The Balaban J connectivity index is 1.91. The first-order chi connectivity index (χ1) is 6.75. The first kappa shape index (κ1) is 10.1. The lowest BCUT2D eigenvalue weighted by Crippen LogP contribution is -2.16. The van der Waals surface area contributed by atoms with Gasteiger partial charge in [-0.3, -0.25) is 0 Å². The Morgan fingerprint density at radius 1 is 1.79 bits per heavy atom. The summed E-state index contributed by atoms with van der Waals surface area (Å²) in [5, 5.41) is 3.16. The number of aryl methyl sites for hydroxylation is 1. The fraction of sp³-hybridized carbons (Fsp3) is 0.700. The topological polar surface area (TPSA) is 48.1 Å². The number of thiazole rings is 1. The molecule has 2 atom stereocenters. The lowest BCUT2D eigenvalue weighted by Gasteiger charge is -2.12. The second-order valence-electron chi connectivity index (χ2n) is 3.86. The lowest BCUT2D eigenvalue weighted by atomic mass is 9.98. The van der Waals surface area contributed by atoms with Crippen LogP contribution in [-0.2, 0) is 4.74 Å². The quantitative estimate of drug-likeness (QED) is 0.832. The summed E-state index contributed by atoms with van der Waals surface area (Å²) in [5.74, 6) is 0.631. The molecular weight excluding hydrogens is 196 g/mol. The van der Waals surface area contributed by atoms with Gasteiger partial charge in [0, 0.05) is 24.6 Å². The number of rotatable bonds is 3. The largest absolute Gasteiger partial charge is 0.381 e. The van der Waals surface area contributed by atoms with E-state index >= 15 is 0 Å². The van der Waals surface area contributed by atoms with E-state index in [2.05, 4.69) is 10.4 Å². The zero-order valence-electron chi connectivity index (χ0n) is 8.40. The molecular formula is C10H16N2OS. The van der Waals surface area contributed by atoms with Crippen molar-refractivity contribution >= 4 is 11.3 Å². The number of ether oxygens (including phenoxy) is 1. The van der Waals surface area contributed by atoms with Crippen molar-refractivity contribution in [3.8, 4) is 0 Å². The van der Waals surface area contributed by atoms with Gasteiger partial charge >= 0.3 is 0 Å². The molecule has 2 unspecified atom stereocenters. The fourth-order valence-corrected chi connectivity index (χ4v) is 2.48. The van der Waals surface area contributed by atoms with Crippen LogP contribution in [-0.4, -0.2) is 18.2 Å². The maximum atomic E-state index is 6.08. The number of hydrogen-bond donors (Lipinski definition) is 1. The van der Waals surface area contributed by atoms with Gasteiger partial charge in [0.2, 0.25) is 0 Å². The van der Waals surface area contributed by atoms with Crippen molar-refractivity contribution in [2.24, 2.45) is 11.7 Å². The van der Waals surface area contributed by atoms with Gasteiger partial charge in [0.1, 0.15) is 0 Å². The van der Waals surface area contributed by atoms with Crippen LogP contribution in [0.3, 0.4) is 0 Å². The molecule has 2 N–H and O–H groups in total. The molecule has 0 radical (unpaired) electrons. The molecule has 2 heterocycles. The molecule has 1 aromatic heterocycles. The van der Waals surface area contributed by atoms with Gasteiger partial charge in [0.25, 0.3) is 0 Å². The minimum Gasteiger partial charge on any atom is -0.381 e. The third kappa shape index (κ3) is 2.32. The van der Waals surface area contributed by atoms with Crippen LogP contribution in [0, 0.1) is 12.8 Å². The van der Waals surface area contributed by atoms with Crippen molar-refractivity contribution in [1.29, 1.82) is 0 Å². The molecule has 1 aromatic rings. The van der Waals surface area contributed by atoms with E-state index in [1.165, 1.54) is 0 Å². The van der Waals surface area contributed by atoms with Crippen molar-refractivity contribution in [1.82, 2.24) is 4.98 Å². The van der Waals surface area contributed by atoms with Gasteiger partial charge in [0.15, 0.2) is 0 Å². The summed E-state index contributed by atoms with van der Waals surface area (Å²) in [6.45, 7) is 3.78. The molecule has 2 rings (SSSR count). The van der Waals surface area contributed by atoms with Gasteiger partial charge < -0.3 is 10.5 Å². The Morgan fingerprint density at radius 3 is 3.21 bits per heavy atom. The standard InChI is InChI=1S/C10H16N2OS/c1-7-12-10(6-14-7)9(11)4-8-2-3-13-5-8/h6,8-9H,2-5,11H2,1H3. The molecule has 1 saturated heterocycles. The van der Waals surface area contributed by atoms with Gasteiger partial charge in [-0.25, -0.2) is 4.98 Å². The molecule has 0 saturated carbocycles. The highest BCUT2D eigenvalue weighted by atomic mass is 32.1. The van der Waals surface area contributed by atoms with Crippen LogP contribution in [0.4, 0.5) is 0 Å². The van der Waals surface area contributed by atoms with Crippen LogP contribution >= 0.6 is 11.3 Å². The van der Waals surface area contributed by atoms with Gasteiger partial charge in [-0.2, -0.15) is 0 Å². The van der Waals surface area contributed by atoms with E-state index < -0.39 is 0 Å². The molecule has 0 bridgehead atoms. The summed E-state index contributed by atoms with van der Waals surface area (Å²) < 4.78 is 5.33. The molecule has 0 aromatic carbocycles. The van der Waals surface area contributed by atoms with E-state index in [1.807, 2.05) is 6.92 Å². The SMILES string of the molecule is Cc1nc(C(N)CC2CCOC2)cs1. The predicted octanol–water partition coefficient (Wildman–Crippen LogP) is 1.88. The van der Waals surface area contributed by atoms with E-state index in [9.17, 15) is 0 Å². The van der Waals surface area contributed by atoms with Gasteiger partial charge in [-0.1, -0.05) is 0 Å². The molecule has 1 aliphatic rings. The Labute approximate surface area is 88.3 Å². The van der Waals surface area contributed by atoms with Crippen LogP contribution in [0.2, 0.25) is 0 Å². The second-order valence-corrected chi connectivity index (χ2v) is 4.93. The third-order valence-electron chi connectivity index (χ3n) is 2.63. The zero-order chi connectivity index (χ0) is 9.97. The van der Waals surface area contributed by atoms with Crippen LogP contribution in [0.1, 0.15) is 29.6 Å². The first-order valence-electron chi connectivity index (χ1n) is 5.01. The summed E-state index contributed by atoms with van der Waals surface area (Å²) in [5.41, 5.74) is 7.12. The van der Waals surface area contributed by atoms with Crippen LogP contribution in [0.15, 0.2) is 5.38 Å². The van der Waals surface area contributed by atoms with Crippen LogP contribution in [0.25, 0.3) is 0 Å². The fourth-order valence-electron chi connectivity index (χ4n) is 1.80. The molecule has 4 heteroatoms. The van der Waals surface area contributed by atoms with Crippen LogP contribution in [0.5, 0.6) is 0 Å². The minimum atomic E-state index is 0.0895. The molecule has 0 spiro atoms. The zero-order valence-corrected chi connectivity index (χ0v) is 9.22. The molecule has 0 aliphatic carbocycles. The van der Waals surface area contributed by atoms with Gasteiger partial charge in [-0.05, 0) is 25.7 Å². The smallest absolute Gasteiger partial charge is 0.0898 e.